The Labute approximate surface area is 196 Å². The van der Waals surface area contributed by atoms with Gasteiger partial charge in [0.25, 0.3) is 5.56 Å². The SMILES string of the molecule is COc1cnccc1CNC(=O)Cn1ncc(N[C@@H]2C[C@H]3C[C@@H]([C@H]2C)C3(C)C)c(Br)c1=O. The summed E-state index contributed by atoms with van der Waals surface area (Å²) in [6.45, 7) is 7.14. The van der Waals surface area contributed by atoms with Crippen LogP contribution in [0.5, 0.6) is 5.75 Å². The van der Waals surface area contributed by atoms with Crippen LogP contribution >= 0.6 is 15.9 Å². The van der Waals surface area contributed by atoms with Gasteiger partial charge in [-0.05, 0) is 58.0 Å². The van der Waals surface area contributed by atoms with E-state index in [1.165, 1.54) is 11.1 Å². The van der Waals surface area contributed by atoms with Gasteiger partial charge in [-0.3, -0.25) is 14.6 Å². The van der Waals surface area contributed by atoms with Gasteiger partial charge in [0, 0.05) is 24.3 Å². The number of ether oxygens (including phenoxy) is 1. The molecule has 2 aromatic heterocycles. The summed E-state index contributed by atoms with van der Waals surface area (Å²) in [7, 11) is 1.55. The van der Waals surface area contributed by atoms with Crippen LogP contribution in [-0.2, 0) is 17.9 Å². The lowest BCUT2D eigenvalue weighted by atomic mass is 9.45. The molecule has 0 saturated heterocycles. The fourth-order valence-electron chi connectivity index (χ4n) is 5.34. The van der Waals surface area contributed by atoms with Crippen molar-refractivity contribution < 1.29 is 9.53 Å². The summed E-state index contributed by atoms with van der Waals surface area (Å²) in [5.74, 6) is 2.23. The van der Waals surface area contributed by atoms with Crippen LogP contribution in [0.3, 0.4) is 0 Å². The standard InChI is InChI=1S/C23H30BrN5O3/c1-13-16-7-15(23(16,2)3)8-17(13)28-18-10-27-29(22(31)21(18)24)12-20(30)26-9-14-5-6-25-11-19(14)32-4/h5-6,10-11,13,15-17,28H,7-9,12H2,1-4H3,(H,26,30)/t13-,15-,16+,17-/m1/s1. The number of hydrogen-bond donors (Lipinski definition) is 2. The number of halogens is 1. The van der Waals surface area contributed by atoms with Crippen molar-refractivity contribution in [2.45, 2.75) is 52.7 Å². The summed E-state index contributed by atoms with van der Waals surface area (Å²) in [6, 6.07) is 2.09. The minimum Gasteiger partial charge on any atom is -0.495 e. The molecule has 0 radical (unpaired) electrons. The van der Waals surface area contributed by atoms with E-state index in [1.807, 2.05) is 0 Å². The number of carbonyl (C=O) groups excluding carboxylic acids is 1. The van der Waals surface area contributed by atoms with E-state index in [-0.39, 0.29) is 24.6 Å². The molecule has 3 aliphatic carbocycles. The van der Waals surface area contributed by atoms with Gasteiger partial charge in [0.15, 0.2) is 0 Å². The zero-order valence-electron chi connectivity index (χ0n) is 18.9. The van der Waals surface area contributed by atoms with Crippen LogP contribution in [0.2, 0.25) is 0 Å². The number of aromatic nitrogens is 3. The number of hydrogen-bond acceptors (Lipinski definition) is 6. The van der Waals surface area contributed by atoms with Gasteiger partial charge in [0.05, 0.1) is 25.2 Å². The number of carbonyl (C=O) groups is 1. The molecule has 32 heavy (non-hydrogen) atoms. The summed E-state index contributed by atoms with van der Waals surface area (Å²) in [5.41, 5.74) is 1.56. The Balaban J connectivity index is 1.39. The van der Waals surface area contributed by atoms with E-state index in [9.17, 15) is 9.59 Å². The van der Waals surface area contributed by atoms with Gasteiger partial charge in [0.2, 0.25) is 5.91 Å². The number of rotatable bonds is 7. The number of methoxy groups -OCH3 is 1. The summed E-state index contributed by atoms with van der Waals surface area (Å²) in [4.78, 5) is 29.2. The van der Waals surface area contributed by atoms with E-state index in [4.69, 9.17) is 4.74 Å². The molecule has 0 aliphatic heterocycles. The highest BCUT2D eigenvalue weighted by Gasteiger charge is 2.56. The van der Waals surface area contributed by atoms with Gasteiger partial charge >= 0.3 is 0 Å². The van der Waals surface area contributed by atoms with Gasteiger partial charge < -0.3 is 15.4 Å². The lowest BCUT2D eigenvalue weighted by molar-refractivity contribution is -0.122. The Morgan fingerprint density at radius 1 is 1.34 bits per heavy atom. The molecule has 2 heterocycles. The summed E-state index contributed by atoms with van der Waals surface area (Å²) >= 11 is 3.42. The van der Waals surface area contributed by atoms with E-state index in [1.54, 1.807) is 31.8 Å². The molecular weight excluding hydrogens is 474 g/mol. The minimum atomic E-state index is -0.333. The number of nitrogens with one attached hydrogen (secondary N) is 2. The molecule has 172 valence electrons. The first-order valence-electron chi connectivity index (χ1n) is 11.0. The Morgan fingerprint density at radius 3 is 2.81 bits per heavy atom. The lowest BCUT2D eigenvalue weighted by Crippen LogP contribution is -2.58. The van der Waals surface area contributed by atoms with Gasteiger partial charge in [-0.1, -0.05) is 20.8 Å². The first kappa shape index (κ1) is 22.8. The van der Waals surface area contributed by atoms with Crippen LogP contribution in [0.25, 0.3) is 0 Å². The molecule has 9 heteroatoms. The Hall–Kier alpha value is -2.42. The predicted octanol–water partition coefficient (Wildman–Crippen LogP) is 3.21. The van der Waals surface area contributed by atoms with Crippen molar-refractivity contribution in [3.8, 4) is 5.75 Å². The maximum absolute atomic E-state index is 12.8. The quantitative estimate of drug-likeness (QED) is 0.601. The molecule has 3 saturated carbocycles. The van der Waals surface area contributed by atoms with Crippen molar-refractivity contribution in [2.24, 2.45) is 23.2 Å². The third kappa shape index (κ3) is 4.14. The highest BCUT2D eigenvalue weighted by molar-refractivity contribution is 9.10. The van der Waals surface area contributed by atoms with Crippen LogP contribution in [0, 0.1) is 23.2 Å². The molecule has 3 fully saturated rings. The highest BCUT2D eigenvalue weighted by Crippen LogP contribution is 2.61. The Morgan fingerprint density at radius 2 is 2.12 bits per heavy atom. The average Bonchev–Trinajstić information content (AvgIpc) is 2.78. The molecule has 2 aromatic rings. The highest BCUT2D eigenvalue weighted by atomic mass is 79.9. The molecule has 4 atom stereocenters. The smallest absolute Gasteiger partial charge is 0.283 e. The molecule has 2 bridgehead atoms. The molecule has 3 aliphatic rings. The molecular formula is C23H30BrN5O3. The first-order chi connectivity index (χ1) is 15.2. The summed E-state index contributed by atoms with van der Waals surface area (Å²) in [5, 5.41) is 10.6. The molecule has 2 N–H and O–H groups in total. The van der Waals surface area contributed by atoms with Crippen molar-refractivity contribution >= 4 is 27.5 Å². The average molecular weight is 504 g/mol. The summed E-state index contributed by atoms with van der Waals surface area (Å²) in [6.07, 6.45) is 7.25. The maximum atomic E-state index is 12.8. The number of amides is 1. The maximum Gasteiger partial charge on any atom is 0.283 e. The minimum absolute atomic E-state index is 0.163. The van der Waals surface area contributed by atoms with Crippen molar-refractivity contribution in [1.29, 1.82) is 0 Å². The monoisotopic (exact) mass is 503 g/mol. The van der Waals surface area contributed by atoms with Gasteiger partial charge in [-0.25, -0.2) is 4.68 Å². The second-order valence-electron chi connectivity index (χ2n) is 9.51. The zero-order valence-corrected chi connectivity index (χ0v) is 20.5. The molecule has 8 nitrogen and oxygen atoms in total. The zero-order chi connectivity index (χ0) is 23.0. The fraction of sp³-hybridized carbons (Fsp3) is 0.565. The van der Waals surface area contributed by atoms with E-state index in [0.717, 1.165) is 17.9 Å². The van der Waals surface area contributed by atoms with Crippen molar-refractivity contribution in [1.82, 2.24) is 20.1 Å². The largest absolute Gasteiger partial charge is 0.495 e. The van der Waals surface area contributed by atoms with Gasteiger partial charge in [-0.2, -0.15) is 5.10 Å². The second-order valence-corrected chi connectivity index (χ2v) is 10.3. The molecule has 0 spiro atoms. The Bertz CT molecular complexity index is 1070. The number of fused-ring (bicyclic) bond motifs is 2. The first-order valence-corrected chi connectivity index (χ1v) is 11.8. The third-order valence-corrected chi connectivity index (χ3v) is 8.31. The van der Waals surface area contributed by atoms with Crippen LogP contribution in [0.4, 0.5) is 5.69 Å². The van der Waals surface area contributed by atoms with Crippen molar-refractivity contribution in [3.05, 3.63) is 45.0 Å². The molecule has 0 unspecified atom stereocenters. The number of anilines is 1. The van der Waals surface area contributed by atoms with Crippen LogP contribution in [0.1, 0.15) is 39.2 Å². The fourth-order valence-corrected chi connectivity index (χ4v) is 5.76. The molecule has 0 aromatic carbocycles. The molecule has 5 rings (SSSR count). The van der Waals surface area contributed by atoms with Crippen LogP contribution < -0.4 is 20.9 Å². The van der Waals surface area contributed by atoms with E-state index in [0.29, 0.717) is 39.2 Å². The normalized spacial score (nSPS) is 25.5. The van der Waals surface area contributed by atoms with Gasteiger partial charge in [-0.15, -0.1) is 0 Å². The topological polar surface area (TPSA) is 98.1 Å². The van der Waals surface area contributed by atoms with Crippen LogP contribution in [0.15, 0.2) is 33.9 Å². The van der Waals surface area contributed by atoms with Crippen molar-refractivity contribution in [3.63, 3.8) is 0 Å². The Kier molecular flexibility index (Phi) is 6.29. The van der Waals surface area contributed by atoms with Gasteiger partial charge in [0.1, 0.15) is 16.8 Å². The summed E-state index contributed by atoms with van der Waals surface area (Å²) < 4.78 is 6.81. The predicted molar refractivity (Wildman–Crippen MR) is 125 cm³/mol. The third-order valence-electron chi connectivity index (χ3n) is 7.54. The second kappa shape index (κ2) is 8.84. The lowest BCUT2D eigenvalue weighted by Gasteiger charge is -2.62. The number of nitrogens with zero attached hydrogens (tertiary/aromatic N) is 3. The van der Waals surface area contributed by atoms with Crippen LogP contribution in [-0.4, -0.2) is 33.8 Å². The van der Waals surface area contributed by atoms with E-state index >= 15 is 0 Å². The number of pyridine rings is 1. The molecule has 1 amide bonds. The van der Waals surface area contributed by atoms with Crippen molar-refractivity contribution in [2.75, 3.05) is 12.4 Å². The van der Waals surface area contributed by atoms with E-state index in [2.05, 4.69) is 57.4 Å². The van der Waals surface area contributed by atoms with E-state index < -0.39 is 0 Å².